The number of likely N-dealkylation sites (N-methyl/N-ethyl adjacent to an activating group) is 1. The molecule has 10 aliphatic heterocycles. The number of aliphatic hydroxyl groups is 16. The van der Waals surface area contributed by atoms with E-state index in [1.54, 1.807) is 0 Å². The van der Waals surface area contributed by atoms with Gasteiger partial charge in [0.25, 0.3) is 0 Å². The van der Waals surface area contributed by atoms with Gasteiger partial charge in [-0.3, -0.25) is 0 Å². The van der Waals surface area contributed by atoms with Crippen LogP contribution in [0.25, 0.3) is 0 Å². The first kappa shape index (κ1) is 107. The van der Waals surface area contributed by atoms with Crippen LogP contribution in [-0.4, -0.2) is 484 Å². The zero-order chi connectivity index (χ0) is 94.4. The van der Waals surface area contributed by atoms with E-state index in [9.17, 15) is 76.6 Å². The van der Waals surface area contributed by atoms with E-state index < -0.39 is 319 Å². The van der Waals surface area contributed by atoms with E-state index in [0.717, 1.165) is 6.42 Å². The standard InChI is InChI=1S/C26H52N6O12.C25H48N6O12.C25H50N6O11/c1-9(32-4-5-33)13-3-2-10(28)24(39-13)42-21-12(30)6-11(29)17(35)23(21)44-26-20(38)22(15(8-34)41-26)43-25-16(31)19(37)18(36)14(7-27)40-25;26-4-11-16(34)17(35)14(30)23(38-11)42-20-12(5-32)39-24(18(20)36)43-21-15(33)9(28)3-10(29)19(21)41-22-8(27)1-2-13(40-22)25(31)6-37-7-25;1-8(31-2)12-4-3-9(27)23(37-12)40-20-11(29)5-10(28)16(33)22(20)42-25-19(36)21(14(7-32)39-25)41-24-15(30)18(35)17(34)13(6-26)38-24/h9-26,32-38H,2-8,27-31H2,1H3;8-24,32-36H,1-7,26-31H2;8-25,31-36H,3-7,26-30H2,1-2H3/t9-,10+,11+,12-,13-,14-,15+,16+,17-,18+,19+,20+,21+,22+,23+,24+,25?,26-;8-,9-,10+,11+,12-,13+,14-,15+,16-,17-,18-,19-,20-,21-,22-,23?,24+;8-,9+,10+,11-,12-,13-,14+,15+,16-,17+,18+,19+,20+,21+,22+,23+,24?,25-/m010/s1. The molecule has 0 aromatic heterocycles. The van der Waals surface area contributed by atoms with Crippen molar-refractivity contribution in [2.45, 2.75) is 401 Å². The molecule has 129 heavy (non-hydrogen) atoms. The minimum absolute atomic E-state index is 0.0253. The van der Waals surface area contributed by atoms with Crippen molar-refractivity contribution in [2.24, 2.45) is 91.7 Å². The minimum Gasteiger partial charge on any atom is -0.395 e. The van der Waals surface area contributed by atoms with E-state index >= 15 is 0 Å². The Morgan fingerprint density at radius 2 is 0.597 bits per heavy atom. The molecule has 50 N–H and O–H groups in total. The van der Waals surface area contributed by atoms with Gasteiger partial charge in [-0.2, -0.15) is 0 Å². The molecule has 53 atom stereocenters. The van der Waals surface area contributed by atoms with Crippen molar-refractivity contribution in [1.82, 2.24) is 10.6 Å². The average Bonchev–Trinajstić information content (AvgIpc) is 1.69. The van der Waals surface area contributed by atoms with Crippen molar-refractivity contribution in [2.75, 3.05) is 72.9 Å². The Morgan fingerprint density at radius 3 is 0.884 bits per heavy atom. The Bertz CT molecular complexity index is 3310. The SMILES string of the molecule is CN[C@@H](C)[C@@H]1CC[C@@H](N)[C@@H](O[C@H]2[C@H](O[C@@H]3O[C@H](CO)[C@@H](OC4O[C@@H](CN)[C@@H](O)[C@H](O)[C@H]4N)[C@H]3O)[C@@H](O)[C@H](N)C[C@@H]2N)O1.C[C@H](NCCO)[C@@H]1CC[C@@H](N)[C@@H](O[C@H]2[C@H](O[C@@H]3O[C@H](CO)[C@@H](OC4O[C@@H](CN)[C@@H](O)[C@H](O)[C@H]4N)[C@H]3O)[C@@H](O)[C@H](N)C[C@@H]2N)O1.NC[C@@H]1OC(O[C@H]2[C@@H](O)[C@H](O[C@@H]3[C@@H](O)[C@H](N)C[C@H](N)[C@H]3O[C@H]3O[C@H](C4(N)COC4)CC[C@H]3N)O[C@@H]2CO)[C@H](N)[C@@H](O)[C@@H]1O. The van der Waals surface area contributed by atoms with Gasteiger partial charge in [0, 0.05) is 74.5 Å². The minimum atomic E-state index is -1.54. The van der Waals surface area contributed by atoms with E-state index in [1.165, 1.54) is 0 Å². The molecule has 13 fully saturated rings. The van der Waals surface area contributed by atoms with Crippen molar-refractivity contribution >= 4 is 0 Å². The van der Waals surface area contributed by atoms with Gasteiger partial charge in [-0.1, -0.05) is 0 Å². The topological polar surface area (TPSA) is 939 Å². The molecule has 53 nitrogen and oxygen atoms in total. The second-order valence-electron chi connectivity index (χ2n) is 36.3. The number of hydrogen-bond donors (Lipinski definition) is 34. The van der Waals surface area contributed by atoms with Crippen LogP contribution in [0.5, 0.6) is 0 Å². The smallest absolute Gasteiger partial charge is 0.187 e. The fraction of sp³-hybridized carbons (Fsp3) is 1.00. The second kappa shape index (κ2) is 47.7. The Kier molecular flexibility index (Phi) is 39.7. The van der Waals surface area contributed by atoms with Crippen molar-refractivity contribution < 1.29 is 172 Å². The van der Waals surface area contributed by atoms with Crippen LogP contribution >= 0.6 is 0 Å². The molecule has 13 aliphatic rings. The highest BCUT2D eigenvalue weighted by atomic mass is 16.8. The molecule has 3 saturated carbocycles. The summed E-state index contributed by atoms with van der Waals surface area (Å²) in [5.41, 5.74) is 97.4. The summed E-state index contributed by atoms with van der Waals surface area (Å²) in [7, 11) is 1.83. The van der Waals surface area contributed by atoms with Crippen LogP contribution < -0.4 is 102 Å². The number of aliphatic hydroxyl groups excluding tert-OH is 16. The summed E-state index contributed by atoms with van der Waals surface area (Å²) in [6.07, 6.45) is -40.7. The Morgan fingerprint density at radius 1 is 0.310 bits per heavy atom. The summed E-state index contributed by atoms with van der Waals surface area (Å²) >= 11 is 0. The molecule has 10 heterocycles. The first-order valence-electron chi connectivity index (χ1n) is 44.5. The molecular formula is C76H150N18O35. The van der Waals surface area contributed by atoms with Crippen LogP contribution in [0.2, 0.25) is 0 Å². The van der Waals surface area contributed by atoms with Gasteiger partial charge in [-0.25, -0.2) is 0 Å². The lowest BCUT2D eigenvalue weighted by atomic mass is 9.84. The largest absolute Gasteiger partial charge is 0.395 e. The lowest BCUT2D eigenvalue weighted by molar-refractivity contribution is -0.299. The van der Waals surface area contributed by atoms with E-state index in [-0.39, 0.29) is 75.9 Å². The van der Waals surface area contributed by atoms with Crippen LogP contribution in [0.15, 0.2) is 0 Å². The molecule has 3 aliphatic carbocycles. The molecule has 10 saturated heterocycles. The molecule has 0 amide bonds. The second-order valence-corrected chi connectivity index (χ2v) is 36.3. The molecule has 3 unspecified atom stereocenters. The van der Waals surface area contributed by atoms with Crippen molar-refractivity contribution in [1.29, 1.82) is 0 Å². The van der Waals surface area contributed by atoms with Crippen LogP contribution in [0.1, 0.15) is 71.6 Å². The van der Waals surface area contributed by atoms with Gasteiger partial charge in [0.05, 0.1) is 118 Å². The van der Waals surface area contributed by atoms with Crippen LogP contribution in [0, 0.1) is 0 Å². The van der Waals surface area contributed by atoms with Gasteiger partial charge < -0.3 is 274 Å². The monoisotopic (exact) mass is 1880 g/mol. The summed E-state index contributed by atoms with van der Waals surface area (Å²) in [4.78, 5) is 0. The molecule has 13 rings (SSSR count). The van der Waals surface area contributed by atoms with Crippen molar-refractivity contribution in [3.63, 3.8) is 0 Å². The number of nitrogens with two attached hydrogens (primary N) is 16. The highest BCUT2D eigenvalue weighted by molar-refractivity contribution is 5.08. The number of nitrogens with one attached hydrogen (secondary N) is 2. The molecule has 0 spiro atoms. The maximum Gasteiger partial charge on any atom is 0.187 e. The maximum atomic E-state index is 11.2. The van der Waals surface area contributed by atoms with Gasteiger partial charge in [-0.15, -0.1) is 0 Å². The Hall–Kier alpha value is -2.12. The zero-order valence-corrected chi connectivity index (χ0v) is 72.7. The molecular weight excluding hydrogens is 1720 g/mol. The third-order valence-electron chi connectivity index (χ3n) is 27.0. The zero-order valence-electron chi connectivity index (χ0n) is 72.7. The summed E-state index contributed by atoms with van der Waals surface area (Å²) in [6, 6.07) is -9.62. The summed E-state index contributed by atoms with van der Waals surface area (Å²) in [5.74, 6) is 0. The quantitative estimate of drug-likeness (QED) is 0.0306. The van der Waals surface area contributed by atoms with Crippen LogP contribution in [0.4, 0.5) is 0 Å². The predicted molar refractivity (Wildman–Crippen MR) is 440 cm³/mol. The van der Waals surface area contributed by atoms with Gasteiger partial charge in [0.1, 0.15) is 146 Å². The van der Waals surface area contributed by atoms with E-state index in [1.807, 2.05) is 20.9 Å². The summed E-state index contributed by atoms with van der Waals surface area (Å²) in [6.45, 7) is 2.77. The fourth-order valence-corrected chi connectivity index (χ4v) is 18.6. The average molecular weight is 1880 g/mol. The van der Waals surface area contributed by atoms with E-state index in [0.29, 0.717) is 51.9 Å². The number of ether oxygens (including phenoxy) is 19. The first-order valence-corrected chi connectivity index (χ1v) is 44.5. The molecule has 53 heteroatoms. The predicted octanol–water partition coefficient (Wildman–Crippen LogP) is -20.1. The highest BCUT2D eigenvalue weighted by Gasteiger charge is 2.60. The molecule has 0 aromatic rings. The van der Waals surface area contributed by atoms with Crippen LogP contribution in [0.3, 0.4) is 0 Å². The number of hydrogen-bond acceptors (Lipinski definition) is 53. The third kappa shape index (κ3) is 24.5. The number of rotatable bonds is 31. The normalized spacial score (nSPS) is 50.8. The lowest BCUT2D eigenvalue weighted by Crippen LogP contribution is -2.69. The molecule has 0 radical (unpaired) electrons. The molecule has 754 valence electrons. The van der Waals surface area contributed by atoms with Gasteiger partial charge in [0.15, 0.2) is 56.6 Å². The lowest BCUT2D eigenvalue weighted by Gasteiger charge is -2.49. The van der Waals surface area contributed by atoms with Crippen molar-refractivity contribution in [3.8, 4) is 0 Å². The van der Waals surface area contributed by atoms with Gasteiger partial charge in [-0.05, 0) is 78.7 Å². The summed E-state index contributed by atoms with van der Waals surface area (Å²) < 4.78 is 112. The summed E-state index contributed by atoms with van der Waals surface area (Å²) in [5, 5.41) is 174. The molecule has 0 aromatic carbocycles. The van der Waals surface area contributed by atoms with Crippen LogP contribution in [-0.2, 0) is 90.0 Å². The Balaban J connectivity index is 0.000000187. The Labute approximate surface area is 745 Å². The van der Waals surface area contributed by atoms with Gasteiger partial charge in [0.2, 0.25) is 0 Å². The highest BCUT2D eigenvalue weighted by Crippen LogP contribution is 2.41. The van der Waals surface area contributed by atoms with E-state index in [2.05, 4.69) is 10.6 Å². The maximum absolute atomic E-state index is 11.2. The van der Waals surface area contributed by atoms with E-state index in [4.69, 9.17) is 187 Å². The first-order chi connectivity index (χ1) is 61.2. The van der Waals surface area contributed by atoms with Crippen molar-refractivity contribution in [3.05, 3.63) is 0 Å². The van der Waals surface area contributed by atoms with Gasteiger partial charge >= 0.3 is 0 Å². The third-order valence-corrected chi connectivity index (χ3v) is 27.0. The fourth-order valence-electron chi connectivity index (χ4n) is 18.6. The molecule has 0 bridgehead atoms.